The fourth-order valence-electron chi connectivity index (χ4n) is 2.49. The molecule has 1 fully saturated rings. The molecule has 0 spiro atoms. The van der Waals surface area contributed by atoms with Crippen LogP contribution in [0.25, 0.3) is 0 Å². The third kappa shape index (κ3) is 3.24. The molecule has 0 saturated carbocycles. The first-order valence-corrected chi connectivity index (χ1v) is 6.55. The minimum atomic E-state index is -4.43. The van der Waals surface area contributed by atoms with Crippen molar-refractivity contribution in [2.75, 3.05) is 25.2 Å². The molecule has 1 heterocycles. The van der Waals surface area contributed by atoms with Gasteiger partial charge < -0.3 is 14.7 Å². The molecule has 0 bridgehead atoms. The first kappa shape index (κ1) is 15.1. The van der Waals surface area contributed by atoms with Crippen LogP contribution in [0, 0.1) is 0 Å². The van der Waals surface area contributed by atoms with Crippen LogP contribution in [0.4, 0.5) is 18.9 Å². The molecule has 0 atom stereocenters. The summed E-state index contributed by atoms with van der Waals surface area (Å²) >= 11 is 0. The molecule has 3 nitrogen and oxygen atoms in total. The van der Waals surface area contributed by atoms with Gasteiger partial charge in [-0.1, -0.05) is 6.07 Å². The van der Waals surface area contributed by atoms with Gasteiger partial charge in [-0.15, -0.1) is 0 Å². The van der Waals surface area contributed by atoms with Crippen LogP contribution in [-0.4, -0.2) is 31.4 Å². The minimum absolute atomic E-state index is 0.0461. The number of rotatable bonds is 3. The molecule has 1 aromatic carbocycles. The number of nitrogens with zero attached hydrogens (tertiary/aromatic N) is 1. The minimum Gasteiger partial charge on any atom is -0.392 e. The molecule has 0 unspecified atom stereocenters. The Labute approximate surface area is 116 Å². The average Bonchev–Trinajstić information content (AvgIpc) is 2.46. The Morgan fingerprint density at radius 1 is 1.30 bits per heavy atom. The highest BCUT2D eigenvalue weighted by atomic mass is 19.4. The molecule has 1 aromatic rings. The van der Waals surface area contributed by atoms with Crippen molar-refractivity contribution in [2.45, 2.75) is 31.7 Å². The van der Waals surface area contributed by atoms with E-state index in [2.05, 4.69) is 0 Å². The third-order valence-electron chi connectivity index (χ3n) is 3.67. The number of hydrogen-bond acceptors (Lipinski definition) is 3. The molecule has 1 saturated heterocycles. The van der Waals surface area contributed by atoms with E-state index in [0.29, 0.717) is 13.2 Å². The summed E-state index contributed by atoms with van der Waals surface area (Å²) in [6, 6.07) is 4.03. The number of aliphatic hydroxyl groups excluding tert-OH is 1. The van der Waals surface area contributed by atoms with Crippen molar-refractivity contribution in [2.24, 2.45) is 0 Å². The summed E-state index contributed by atoms with van der Waals surface area (Å²) < 4.78 is 44.7. The van der Waals surface area contributed by atoms with Crippen molar-refractivity contribution < 1.29 is 23.0 Å². The van der Waals surface area contributed by atoms with Crippen molar-refractivity contribution in [3.05, 3.63) is 29.3 Å². The van der Waals surface area contributed by atoms with Gasteiger partial charge >= 0.3 is 6.18 Å². The second-order valence-electron chi connectivity index (χ2n) is 4.96. The molecule has 1 N–H and O–H groups in total. The van der Waals surface area contributed by atoms with Crippen molar-refractivity contribution >= 4 is 5.69 Å². The fourth-order valence-corrected chi connectivity index (χ4v) is 2.49. The molecule has 0 amide bonds. The number of anilines is 1. The topological polar surface area (TPSA) is 32.7 Å². The van der Waals surface area contributed by atoms with Gasteiger partial charge in [-0.2, -0.15) is 13.2 Å². The van der Waals surface area contributed by atoms with Gasteiger partial charge in [0.2, 0.25) is 0 Å². The number of alkyl halides is 3. The van der Waals surface area contributed by atoms with E-state index in [1.54, 1.807) is 11.9 Å². The number of aliphatic hydroxyl groups is 1. The smallest absolute Gasteiger partial charge is 0.392 e. The predicted octanol–water partition coefficient (Wildman–Crippen LogP) is 2.81. The molecule has 2 rings (SSSR count). The maximum atomic E-state index is 13.2. The van der Waals surface area contributed by atoms with Crippen LogP contribution in [0.2, 0.25) is 0 Å². The van der Waals surface area contributed by atoms with E-state index < -0.39 is 18.3 Å². The summed E-state index contributed by atoms with van der Waals surface area (Å²) in [4.78, 5) is 1.67. The molecule has 0 aromatic heterocycles. The quantitative estimate of drug-likeness (QED) is 0.928. The van der Waals surface area contributed by atoms with Crippen LogP contribution >= 0.6 is 0 Å². The van der Waals surface area contributed by atoms with Crippen LogP contribution in [0.5, 0.6) is 0 Å². The van der Waals surface area contributed by atoms with E-state index in [1.807, 2.05) is 0 Å². The molecular weight excluding hydrogens is 271 g/mol. The standard InChI is InChI=1S/C14H18F3NO2/c1-18(11-4-6-20-7-5-11)13-3-2-10(9-19)8-12(13)14(15,16)17/h2-3,8,11,19H,4-7,9H2,1H3. The van der Waals surface area contributed by atoms with E-state index >= 15 is 0 Å². The first-order chi connectivity index (χ1) is 9.43. The summed E-state index contributed by atoms with van der Waals surface area (Å²) in [7, 11) is 1.68. The second-order valence-corrected chi connectivity index (χ2v) is 4.96. The monoisotopic (exact) mass is 289 g/mol. The number of hydrogen-bond donors (Lipinski definition) is 1. The van der Waals surface area contributed by atoms with Crippen molar-refractivity contribution in [1.82, 2.24) is 0 Å². The maximum Gasteiger partial charge on any atom is 0.418 e. The van der Waals surface area contributed by atoms with Gasteiger partial charge in [0.1, 0.15) is 0 Å². The summed E-state index contributed by atoms with van der Waals surface area (Å²) in [6.45, 7) is 0.751. The number of halogens is 3. The van der Waals surface area contributed by atoms with Crippen LogP contribution in [0.3, 0.4) is 0 Å². The highest BCUT2D eigenvalue weighted by Gasteiger charge is 2.35. The molecule has 0 aliphatic carbocycles. The number of benzene rings is 1. The first-order valence-electron chi connectivity index (χ1n) is 6.55. The Hall–Kier alpha value is -1.27. The lowest BCUT2D eigenvalue weighted by Gasteiger charge is -2.34. The molecule has 1 aliphatic heterocycles. The highest BCUT2D eigenvalue weighted by molar-refractivity contribution is 5.56. The van der Waals surface area contributed by atoms with Crippen LogP contribution in [0.15, 0.2) is 18.2 Å². The zero-order valence-corrected chi connectivity index (χ0v) is 11.3. The predicted molar refractivity (Wildman–Crippen MR) is 69.6 cm³/mol. The van der Waals surface area contributed by atoms with Crippen molar-refractivity contribution in [3.63, 3.8) is 0 Å². The summed E-state index contributed by atoms with van der Waals surface area (Å²) in [6.07, 6.45) is -3.00. The van der Waals surface area contributed by atoms with Crippen molar-refractivity contribution in [3.8, 4) is 0 Å². The lowest BCUT2D eigenvalue weighted by atomic mass is 10.0. The highest BCUT2D eigenvalue weighted by Crippen LogP contribution is 2.38. The summed E-state index contributed by atoms with van der Waals surface area (Å²) in [5.74, 6) is 0. The molecule has 6 heteroatoms. The largest absolute Gasteiger partial charge is 0.418 e. The van der Waals surface area contributed by atoms with E-state index in [-0.39, 0.29) is 17.3 Å². The van der Waals surface area contributed by atoms with Gasteiger partial charge in [-0.05, 0) is 30.5 Å². The normalized spacial score (nSPS) is 17.2. The molecule has 0 radical (unpaired) electrons. The third-order valence-corrected chi connectivity index (χ3v) is 3.67. The Balaban J connectivity index is 2.34. The Kier molecular flexibility index (Phi) is 4.55. The molecule has 112 valence electrons. The van der Waals surface area contributed by atoms with Gasteiger partial charge in [0.15, 0.2) is 0 Å². The van der Waals surface area contributed by atoms with Gasteiger partial charge in [0, 0.05) is 32.0 Å². The van der Waals surface area contributed by atoms with E-state index in [1.165, 1.54) is 12.1 Å². The summed E-state index contributed by atoms with van der Waals surface area (Å²) in [5, 5.41) is 9.01. The SMILES string of the molecule is CN(c1ccc(CO)cc1C(F)(F)F)C1CCOCC1. The Morgan fingerprint density at radius 3 is 2.50 bits per heavy atom. The fraction of sp³-hybridized carbons (Fsp3) is 0.571. The zero-order chi connectivity index (χ0) is 14.8. The van der Waals surface area contributed by atoms with Crippen LogP contribution in [-0.2, 0) is 17.5 Å². The Morgan fingerprint density at radius 2 is 1.95 bits per heavy atom. The molecule has 20 heavy (non-hydrogen) atoms. The van der Waals surface area contributed by atoms with Gasteiger partial charge in [-0.25, -0.2) is 0 Å². The number of ether oxygens (including phenoxy) is 1. The zero-order valence-electron chi connectivity index (χ0n) is 11.3. The molecule has 1 aliphatic rings. The van der Waals surface area contributed by atoms with E-state index in [9.17, 15) is 13.2 Å². The van der Waals surface area contributed by atoms with Gasteiger partial charge in [0.25, 0.3) is 0 Å². The van der Waals surface area contributed by atoms with Gasteiger partial charge in [0.05, 0.1) is 12.2 Å². The van der Waals surface area contributed by atoms with Crippen LogP contribution in [0.1, 0.15) is 24.0 Å². The second kappa shape index (κ2) is 6.01. The maximum absolute atomic E-state index is 13.2. The van der Waals surface area contributed by atoms with E-state index in [4.69, 9.17) is 9.84 Å². The van der Waals surface area contributed by atoms with Crippen LogP contribution < -0.4 is 4.90 Å². The van der Waals surface area contributed by atoms with Gasteiger partial charge in [-0.3, -0.25) is 0 Å². The Bertz CT molecular complexity index is 456. The molecular formula is C14H18F3NO2. The average molecular weight is 289 g/mol. The lowest BCUT2D eigenvalue weighted by Crippen LogP contribution is -2.37. The lowest BCUT2D eigenvalue weighted by molar-refractivity contribution is -0.137. The summed E-state index contributed by atoms with van der Waals surface area (Å²) in [5.41, 5.74) is -0.277. The van der Waals surface area contributed by atoms with Crippen molar-refractivity contribution in [1.29, 1.82) is 0 Å². The van der Waals surface area contributed by atoms with E-state index in [0.717, 1.165) is 18.9 Å².